The molecular weight excluding hydrogens is 451 g/mol. The molecule has 0 aromatic carbocycles. The lowest BCUT2D eigenvalue weighted by molar-refractivity contribution is -0.133. The Morgan fingerprint density at radius 1 is 0.781 bits per heavy atom. The van der Waals surface area contributed by atoms with E-state index < -0.39 is 29.9 Å². The fourth-order valence-corrected chi connectivity index (χ4v) is 3.48. The van der Waals surface area contributed by atoms with E-state index >= 15 is 0 Å². The van der Waals surface area contributed by atoms with Gasteiger partial charge in [-0.3, -0.25) is 19.2 Å². The normalized spacial score (nSPS) is 13.4. The van der Waals surface area contributed by atoms with Crippen LogP contribution in [0.2, 0.25) is 0 Å². The molecule has 12 heteroatoms. The summed E-state index contributed by atoms with van der Waals surface area (Å²) in [6.45, 7) is 4.61. The minimum Gasteiger partial charge on any atom is -0.345 e. The third kappa shape index (κ3) is 15.2. The molecule has 0 fully saturated rings. The molecule has 0 saturated carbocycles. The first kappa shape index (κ1) is 30.3. The summed E-state index contributed by atoms with van der Waals surface area (Å²) in [6, 6.07) is -2.40. The molecule has 4 amide bonds. The molecule has 0 aliphatic heterocycles. The molecule has 32 heavy (non-hydrogen) atoms. The standard InChI is InChI=1S/C20H37BN4O5S2/c1-13(18(28)22-12-32-11-6-4-5-8-16(21)26)24-20(30)15(3)25-19(29)14(2)23-17(27)9-7-10-31/h13-15,31H,4-12,21H2,1-3H3,(H,22,28)(H,23,27)(H,24,30)(H,25,29). The van der Waals surface area contributed by atoms with E-state index in [1.165, 1.54) is 13.8 Å². The molecule has 0 rings (SSSR count). The van der Waals surface area contributed by atoms with Crippen molar-refractivity contribution in [1.82, 2.24) is 21.3 Å². The van der Waals surface area contributed by atoms with Gasteiger partial charge < -0.3 is 26.1 Å². The van der Waals surface area contributed by atoms with Gasteiger partial charge in [0.1, 0.15) is 18.1 Å². The van der Waals surface area contributed by atoms with Gasteiger partial charge in [0.25, 0.3) is 0 Å². The van der Waals surface area contributed by atoms with Crippen LogP contribution in [0.15, 0.2) is 0 Å². The molecule has 3 unspecified atom stereocenters. The molecule has 0 spiro atoms. The number of carbonyl (C=O) groups excluding carboxylic acids is 5. The first-order chi connectivity index (χ1) is 15.1. The van der Waals surface area contributed by atoms with Gasteiger partial charge in [0.05, 0.1) is 11.6 Å². The predicted molar refractivity (Wildman–Crippen MR) is 133 cm³/mol. The second-order valence-electron chi connectivity index (χ2n) is 7.68. The third-order valence-electron chi connectivity index (χ3n) is 4.50. The van der Waals surface area contributed by atoms with Gasteiger partial charge in [0.2, 0.25) is 23.6 Å². The van der Waals surface area contributed by atoms with E-state index in [1.54, 1.807) is 26.5 Å². The summed E-state index contributed by atoms with van der Waals surface area (Å²) in [7, 11) is 1.59. The fourth-order valence-electron chi connectivity index (χ4n) is 2.53. The topological polar surface area (TPSA) is 133 Å². The van der Waals surface area contributed by atoms with Crippen molar-refractivity contribution in [3.8, 4) is 0 Å². The Hall–Kier alpha value is -1.69. The largest absolute Gasteiger partial charge is 0.345 e. The van der Waals surface area contributed by atoms with Crippen molar-refractivity contribution in [2.24, 2.45) is 0 Å². The van der Waals surface area contributed by atoms with Crippen LogP contribution in [-0.4, -0.2) is 72.7 Å². The number of thioether (sulfide) groups is 1. The Kier molecular flexibility index (Phi) is 16.9. The molecule has 182 valence electrons. The Bertz CT molecular complexity index is 639. The lowest BCUT2D eigenvalue weighted by Crippen LogP contribution is -2.54. The molecule has 0 aliphatic carbocycles. The lowest BCUT2D eigenvalue weighted by atomic mass is 9.97. The third-order valence-corrected chi connectivity index (χ3v) is 5.74. The molecule has 0 bridgehead atoms. The van der Waals surface area contributed by atoms with Crippen molar-refractivity contribution in [3.63, 3.8) is 0 Å². The highest BCUT2D eigenvalue weighted by atomic mass is 32.2. The zero-order valence-electron chi connectivity index (χ0n) is 19.5. The number of hydrogen-bond donors (Lipinski definition) is 5. The summed E-state index contributed by atoms with van der Waals surface area (Å²) >= 11 is 5.62. The maximum absolute atomic E-state index is 12.3. The van der Waals surface area contributed by atoms with Crippen LogP contribution in [-0.2, 0) is 24.0 Å². The minimum absolute atomic E-state index is 0.205. The average Bonchev–Trinajstić information content (AvgIpc) is 2.73. The number of rotatable bonds is 17. The van der Waals surface area contributed by atoms with Crippen LogP contribution in [0.5, 0.6) is 0 Å². The zero-order chi connectivity index (χ0) is 24.5. The van der Waals surface area contributed by atoms with E-state index in [9.17, 15) is 24.0 Å². The highest BCUT2D eigenvalue weighted by Crippen LogP contribution is 2.06. The molecule has 0 aromatic heterocycles. The first-order valence-electron chi connectivity index (χ1n) is 10.9. The van der Waals surface area contributed by atoms with Crippen LogP contribution >= 0.6 is 24.4 Å². The van der Waals surface area contributed by atoms with Crippen LogP contribution in [0.1, 0.15) is 59.3 Å². The van der Waals surface area contributed by atoms with Crippen molar-refractivity contribution in [1.29, 1.82) is 0 Å². The monoisotopic (exact) mass is 488 g/mol. The van der Waals surface area contributed by atoms with E-state index in [0.29, 0.717) is 24.5 Å². The van der Waals surface area contributed by atoms with Crippen molar-refractivity contribution in [2.75, 3.05) is 17.4 Å². The summed E-state index contributed by atoms with van der Waals surface area (Å²) in [4.78, 5) is 59.1. The maximum Gasteiger partial charge on any atom is 0.242 e. The van der Waals surface area contributed by atoms with Gasteiger partial charge in [-0.1, -0.05) is 6.42 Å². The van der Waals surface area contributed by atoms with Crippen molar-refractivity contribution in [3.05, 3.63) is 0 Å². The second kappa shape index (κ2) is 17.8. The van der Waals surface area contributed by atoms with E-state index in [1.807, 2.05) is 0 Å². The van der Waals surface area contributed by atoms with Gasteiger partial charge in [-0.15, -0.1) is 11.8 Å². The summed E-state index contributed by atoms with van der Waals surface area (Å²) in [5.74, 6) is 0.353. The maximum atomic E-state index is 12.3. The highest BCUT2D eigenvalue weighted by molar-refractivity contribution is 7.99. The number of carbonyl (C=O) groups is 5. The SMILES string of the molecule is BC(=O)CCCCCSCNC(=O)C(C)NC(=O)C(C)NC(=O)C(C)NC(=O)CCCS. The smallest absolute Gasteiger partial charge is 0.242 e. The summed E-state index contributed by atoms with van der Waals surface area (Å²) in [6.07, 6.45) is 4.35. The highest BCUT2D eigenvalue weighted by Gasteiger charge is 2.23. The number of nitrogens with one attached hydrogen (secondary N) is 4. The molecule has 0 heterocycles. The molecule has 0 saturated heterocycles. The molecule has 9 nitrogen and oxygen atoms in total. The van der Waals surface area contributed by atoms with E-state index in [4.69, 9.17) is 0 Å². The number of unbranched alkanes of at least 4 members (excludes halogenated alkanes) is 2. The van der Waals surface area contributed by atoms with E-state index in [0.717, 1.165) is 25.0 Å². The minimum atomic E-state index is -0.862. The van der Waals surface area contributed by atoms with E-state index in [-0.39, 0.29) is 23.9 Å². The van der Waals surface area contributed by atoms with Crippen LogP contribution in [0.4, 0.5) is 0 Å². The molecule has 0 aliphatic rings. The van der Waals surface area contributed by atoms with Crippen molar-refractivity contribution >= 4 is 61.5 Å². The van der Waals surface area contributed by atoms with Crippen LogP contribution < -0.4 is 21.3 Å². The number of amides is 4. The number of hydrogen-bond acceptors (Lipinski definition) is 7. The van der Waals surface area contributed by atoms with Crippen molar-refractivity contribution < 1.29 is 24.0 Å². The Morgan fingerprint density at radius 3 is 1.91 bits per heavy atom. The Labute approximate surface area is 201 Å². The van der Waals surface area contributed by atoms with Gasteiger partial charge in [0.15, 0.2) is 7.85 Å². The molecule has 4 N–H and O–H groups in total. The number of thiol groups is 1. The molecular formula is C20H37BN4O5S2. The van der Waals surface area contributed by atoms with Crippen LogP contribution in [0.25, 0.3) is 0 Å². The summed E-state index contributed by atoms with van der Waals surface area (Å²) in [5, 5.41) is 10.4. The fraction of sp³-hybridized carbons (Fsp3) is 0.750. The predicted octanol–water partition coefficient (Wildman–Crippen LogP) is -0.262. The summed E-state index contributed by atoms with van der Waals surface area (Å²) in [5.41, 5.74) is 0.205. The molecule has 3 atom stereocenters. The zero-order valence-corrected chi connectivity index (χ0v) is 21.2. The van der Waals surface area contributed by atoms with Crippen LogP contribution in [0, 0.1) is 0 Å². The lowest BCUT2D eigenvalue weighted by Gasteiger charge is -2.20. The van der Waals surface area contributed by atoms with Gasteiger partial charge in [0, 0.05) is 6.42 Å². The van der Waals surface area contributed by atoms with E-state index in [2.05, 4.69) is 33.9 Å². The summed E-state index contributed by atoms with van der Waals surface area (Å²) < 4.78 is 0. The molecule has 0 aromatic rings. The second-order valence-corrected chi connectivity index (χ2v) is 9.24. The van der Waals surface area contributed by atoms with Gasteiger partial charge in [-0.25, -0.2) is 0 Å². The Balaban J connectivity index is 4.12. The molecule has 0 radical (unpaired) electrons. The van der Waals surface area contributed by atoms with Crippen molar-refractivity contribution in [2.45, 2.75) is 77.4 Å². The van der Waals surface area contributed by atoms with Crippen LogP contribution in [0.3, 0.4) is 0 Å². The van der Waals surface area contributed by atoms with Gasteiger partial charge >= 0.3 is 0 Å². The Morgan fingerprint density at radius 2 is 1.34 bits per heavy atom. The first-order valence-corrected chi connectivity index (χ1v) is 12.7. The average molecular weight is 488 g/mol. The quantitative estimate of drug-likeness (QED) is 0.0829. The van der Waals surface area contributed by atoms with Gasteiger partial charge in [-0.2, -0.15) is 12.6 Å². The van der Waals surface area contributed by atoms with Gasteiger partial charge in [-0.05, 0) is 58.0 Å².